The Hall–Kier alpha value is -1.58. The first-order chi connectivity index (χ1) is 10.3. The third-order valence-corrected chi connectivity index (χ3v) is 5.43. The Morgan fingerprint density at radius 3 is 3.00 bits per heavy atom. The molecule has 3 heterocycles. The van der Waals surface area contributed by atoms with E-state index < -0.39 is 0 Å². The summed E-state index contributed by atoms with van der Waals surface area (Å²) < 4.78 is 0. The van der Waals surface area contributed by atoms with Gasteiger partial charge in [0.25, 0.3) is 0 Å². The lowest BCUT2D eigenvalue weighted by atomic mass is 10.0. The minimum atomic E-state index is 0.703. The molecule has 1 aromatic carbocycles. The molecule has 4 rings (SSSR count). The molecule has 1 fully saturated rings. The van der Waals surface area contributed by atoms with Crippen LogP contribution >= 0.6 is 11.3 Å². The number of aromatic nitrogens is 1. The number of likely N-dealkylation sites (tertiary alicyclic amines) is 1. The van der Waals surface area contributed by atoms with Crippen molar-refractivity contribution in [3.8, 4) is 11.1 Å². The van der Waals surface area contributed by atoms with E-state index >= 15 is 0 Å². The van der Waals surface area contributed by atoms with Crippen molar-refractivity contribution in [3.63, 3.8) is 0 Å². The van der Waals surface area contributed by atoms with E-state index in [-0.39, 0.29) is 0 Å². The van der Waals surface area contributed by atoms with Gasteiger partial charge < -0.3 is 9.88 Å². The molecule has 0 aliphatic carbocycles. The van der Waals surface area contributed by atoms with Crippen LogP contribution in [0.3, 0.4) is 0 Å². The number of aromatic amines is 1. The number of likely N-dealkylation sites (N-methyl/N-ethyl adjacent to an activating group) is 1. The van der Waals surface area contributed by atoms with E-state index in [9.17, 15) is 0 Å². The molecule has 3 aromatic rings. The number of nitrogens with zero attached hydrogens (tertiary/aromatic N) is 1. The molecule has 108 valence electrons. The lowest BCUT2D eigenvalue weighted by Crippen LogP contribution is -2.26. The highest BCUT2D eigenvalue weighted by Crippen LogP contribution is 2.29. The van der Waals surface area contributed by atoms with Crippen molar-refractivity contribution in [2.45, 2.75) is 25.3 Å². The molecule has 1 aliphatic rings. The van der Waals surface area contributed by atoms with Crippen LogP contribution in [-0.4, -0.2) is 29.5 Å². The minimum Gasteiger partial charge on any atom is -0.361 e. The highest BCUT2D eigenvalue weighted by atomic mass is 32.1. The second-order valence-electron chi connectivity index (χ2n) is 6.07. The van der Waals surface area contributed by atoms with E-state index in [0.29, 0.717) is 6.04 Å². The predicted molar refractivity (Wildman–Crippen MR) is 91.0 cm³/mol. The fraction of sp³-hybridized carbons (Fsp3) is 0.333. The summed E-state index contributed by atoms with van der Waals surface area (Å²) in [6, 6.07) is 9.67. The Morgan fingerprint density at radius 2 is 2.24 bits per heavy atom. The Morgan fingerprint density at radius 1 is 1.29 bits per heavy atom. The molecule has 3 heteroatoms. The van der Waals surface area contributed by atoms with Crippen LogP contribution in [0, 0.1) is 0 Å². The number of rotatable bonds is 3. The van der Waals surface area contributed by atoms with Crippen molar-refractivity contribution in [1.82, 2.24) is 9.88 Å². The smallest absolute Gasteiger partial charge is 0.0457 e. The van der Waals surface area contributed by atoms with Crippen LogP contribution in [0.25, 0.3) is 22.0 Å². The molecular weight excluding hydrogens is 276 g/mol. The molecule has 1 aliphatic heterocycles. The molecular formula is C18H20N2S. The molecule has 1 N–H and O–H groups in total. The second kappa shape index (κ2) is 5.32. The van der Waals surface area contributed by atoms with E-state index in [1.165, 1.54) is 47.0 Å². The van der Waals surface area contributed by atoms with Crippen molar-refractivity contribution < 1.29 is 0 Å². The van der Waals surface area contributed by atoms with Gasteiger partial charge in [0.05, 0.1) is 0 Å². The number of nitrogens with one attached hydrogen (secondary N) is 1. The molecule has 0 spiro atoms. The van der Waals surface area contributed by atoms with Crippen LogP contribution in [0.15, 0.2) is 41.2 Å². The Balaban J connectivity index is 1.70. The molecule has 0 saturated carbocycles. The maximum atomic E-state index is 3.43. The summed E-state index contributed by atoms with van der Waals surface area (Å²) >= 11 is 1.76. The molecule has 0 amide bonds. The van der Waals surface area contributed by atoms with Gasteiger partial charge in [0, 0.05) is 23.1 Å². The first-order valence-electron chi connectivity index (χ1n) is 7.64. The summed E-state index contributed by atoms with van der Waals surface area (Å²) in [6.45, 7) is 1.24. The normalized spacial score (nSPS) is 19.6. The third kappa shape index (κ3) is 2.41. The summed E-state index contributed by atoms with van der Waals surface area (Å²) in [5, 5.41) is 5.75. The van der Waals surface area contributed by atoms with Gasteiger partial charge in [-0.1, -0.05) is 6.07 Å². The Bertz CT molecular complexity index is 742. The topological polar surface area (TPSA) is 19.0 Å². The van der Waals surface area contributed by atoms with Crippen LogP contribution in [0.4, 0.5) is 0 Å². The molecule has 1 saturated heterocycles. The number of thiophene rings is 1. The summed E-state index contributed by atoms with van der Waals surface area (Å²) in [4.78, 5) is 5.94. The highest BCUT2D eigenvalue weighted by Gasteiger charge is 2.22. The quantitative estimate of drug-likeness (QED) is 0.752. The Kier molecular flexibility index (Phi) is 3.32. The van der Waals surface area contributed by atoms with Crippen LogP contribution < -0.4 is 0 Å². The van der Waals surface area contributed by atoms with Crippen LogP contribution in [0.5, 0.6) is 0 Å². The van der Waals surface area contributed by atoms with Gasteiger partial charge in [-0.3, -0.25) is 0 Å². The monoisotopic (exact) mass is 296 g/mol. The van der Waals surface area contributed by atoms with E-state index in [0.717, 1.165) is 6.42 Å². The van der Waals surface area contributed by atoms with Crippen LogP contribution in [-0.2, 0) is 6.42 Å². The molecule has 1 atom stereocenters. The van der Waals surface area contributed by atoms with Gasteiger partial charge in [0.15, 0.2) is 0 Å². The van der Waals surface area contributed by atoms with Gasteiger partial charge in [-0.25, -0.2) is 0 Å². The maximum Gasteiger partial charge on any atom is 0.0457 e. The van der Waals surface area contributed by atoms with E-state index in [2.05, 4.69) is 58.2 Å². The molecule has 2 nitrogen and oxygen atoms in total. The zero-order valence-electron chi connectivity index (χ0n) is 12.3. The fourth-order valence-electron chi connectivity index (χ4n) is 3.45. The molecule has 0 bridgehead atoms. The molecule has 0 radical (unpaired) electrons. The van der Waals surface area contributed by atoms with Crippen molar-refractivity contribution in [2.24, 2.45) is 0 Å². The average Bonchev–Trinajstić information content (AvgIpc) is 3.22. The van der Waals surface area contributed by atoms with Gasteiger partial charge in [0.2, 0.25) is 0 Å². The van der Waals surface area contributed by atoms with Gasteiger partial charge in [-0.15, -0.1) is 0 Å². The third-order valence-electron chi connectivity index (χ3n) is 4.75. The number of hydrogen-bond donors (Lipinski definition) is 1. The van der Waals surface area contributed by atoms with E-state index in [1.807, 2.05) is 0 Å². The van der Waals surface area contributed by atoms with Crippen molar-refractivity contribution in [2.75, 3.05) is 13.6 Å². The Labute approximate surface area is 129 Å². The SMILES string of the molecule is CN1CCCC1Cc1c[nH]c2ccc(-c3ccsc3)cc12. The summed E-state index contributed by atoms with van der Waals surface area (Å²) in [5.74, 6) is 0. The number of H-pyrrole nitrogens is 1. The molecule has 1 unspecified atom stereocenters. The fourth-order valence-corrected chi connectivity index (χ4v) is 4.11. The van der Waals surface area contributed by atoms with Gasteiger partial charge >= 0.3 is 0 Å². The minimum absolute atomic E-state index is 0.703. The van der Waals surface area contributed by atoms with Crippen molar-refractivity contribution >= 4 is 22.2 Å². The van der Waals surface area contributed by atoms with Crippen molar-refractivity contribution in [3.05, 3.63) is 46.8 Å². The first-order valence-corrected chi connectivity index (χ1v) is 8.58. The summed E-state index contributed by atoms with van der Waals surface area (Å²) in [7, 11) is 2.25. The first kappa shape index (κ1) is 13.1. The number of benzene rings is 1. The summed E-state index contributed by atoms with van der Waals surface area (Å²) in [5.41, 5.74) is 5.36. The van der Waals surface area contributed by atoms with Crippen molar-refractivity contribution in [1.29, 1.82) is 0 Å². The standard InChI is InChI=1S/C18H20N2S/c1-20-7-2-3-16(20)9-15-11-19-18-5-4-13(10-17(15)18)14-6-8-21-12-14/h4-6,8,10-12,16,19H,2-3,7,9H2,1H3. The second-order valence-corrected chi connectivity index (χ2v) is 6.85. The van der Waals surface area contributed by atoms with Gasteiger partial charge in [-0.2, -0.15) is 11.3 Å². The van der Waals surface area contributed by atoms with Gasteiger partial charge in [0.1, 0.15) is 0 Å². The van der Waals surface area contributed by atoms with Crippen LogP contribution in [0.1, 0.15) is 18.4 Å². The lowest BCUT2D eigenvalue weighted by Gasteiger charge is -2.18. The van der Waals surface area contributed by atoms with E-state index in [4.69, 9.17) is 0 Å². The molecule has 2 aromatic heterocycles. The zero-order valence-corrected chi connectivity index (χ0v) is 13.1. The number of hydrogen-bond acceptors (Lipinski definition) is 2. The van der Waals surface area contributed by atoms with E-state index in [1.54, 1.807) is 11.3 Å². The average molecular weight is 296 g/mol. The summed E-state index contributed by atoms with van der Waals surface area (Å²) in [6.07, 6.45) is 6.02. The zero-order chi connectivity index (χ0) is 14.2. The van der Waals surface area contributed by atoms with Gasteiger partial charge in [-0.05, 0) is 78.5 Å². The molecule has 21 heavy (non-hydrogen) atoms. The highest BCUT2D eigenvalue weighted by molar-refractivity contribution is 7.08. The predicted octanol–water partition coefficient (Wildman–Crippen LogP) is 4.53. The largest absolute Gasteiger partial charge is 0.361 e. The maximum absolute atomic E-state index is 3.43. The lowest BCUT2D eigenvalue weighted by molar-refractivity contribution is 0.310. The van der Waals surface area contributed by atoms with Crippen LogP contribution in [0.2, 0.25) is 0 Å². The number of fused-ring (bicyclic) bond motifs is 1.